The first kappa shape index (κ1) is 14.4. The Labute approximate surface area is 121 Å². The van der Waals surface area contributed by atoms with Gasteiger partial charge >= 0.3 is 0 Å². The highest BCUT2D eigenvalue weighted by atomic mass is 16.5. The Hall–Kier alpha value is -1.96. The fourth-order valence-electron chi connectivity index (χ4n) is 2.26. The van der Waals surface area contributed by atoms with E-state index in [1.165, 1.54) is 11.1 Å². The summed E-state index contributed by atoms with van der Waals surface area (Å²) in [7, 11) is 1.69. The lowest BCUT2D eigenvalue weighted by Crippen LogP contribution is -2.02. The Morgan fingerprint density at radius 1 is 1.00 bits per heavy atom. The molecule has 0 atom stereocenters. The van der Waals surface area contributed by atoms with Crippen molar-refractivity contribution in [2.45, 2.75) is 33.3 Å². The third-order valence-corrected chi connectivity index (χ3v) is 3.36. The average molecular weight is 270 g/mol. The van der Waals surface area contributed by atoms with Crippen molar-refractivity contribution in [3.63, 3.8) is 0 Å². The lowest BCUT2D eigenvalue weighted by Gasteiger charge is -2.15. The van der Waals surface area contributed by atoms with Gasteiger partial charge in [-0.15, -0.1) is 0 Å². The van der Waals surface area contributed by atoms with Crippen LogP contribution >= 0.6 is 0 Å². The molecule has 0 bridgehead atoms. The molecule has 0 unspecified atom stereocenters. The van der Waals surface area contributed by atoms with Crippen LogP contribution in [0.25, 0.3) is 0 Å². The third kappa shape index (κ3) is 3.32. The van der Waals surface area contributed by atoms with Crippen LogP contribution < -0.4 is 9.47 Å². The van der Waals surface area contributed by atoms with Crippen molar-refractivity contribution in [2.75, 3.05) is 7.11 Å². The van der Waals surface area contributed by atoms with E-state index in [4.69, 9.17) is 9.47 Å². The minimum atomic E-state index is 0.450. The summed E-state index contributed by atoms with van der Waals surface area (Å²) in [4.78, 5) is 0. The van der Waals surface area contributed by atoms with E-state index in [2.05, 4.69) is 39.0 Å². The number of rotatable bonds is 5. The van der Waals surface area contributed by atoms with Crippen molar-refractivity contribution in [1.82, 2.24) is 0 Å². The van der Waals surface area contributed by atoms with Crippen LogP contribution in [0.15, 0.2) is 42.5 Å². The van der Waals surface area contributed by atoms with E-state index in [1.807, 2.05) is 24.3 Å². The molecular formula is C18H22O2. The van der Waals surface area contributed by atoms with E-state index in [1.54, 1.807) is 7.11 Å². The van der Waals surface area contributed by atoms with E-state index >= 15 is 0 Å². The van der Waals surface area contributed by atoms with Crippen LogP contribution in [0.4, 0.5) is 0 Å². The Morgan fingerprint density at radius 3 is 2.45 bits per heavy atom. The van der Waals surface area contributed by atoms with Gasteiger partial charge in [0.25, 0.3) is 0 Å². The normalized spacial score (nSPS) is 10.7. The predicted octanol–water partition coefficient (Wildman–Crippen LogP) is 4.71. The molecule has 0 aliphatic carbocycles. The standard InChI is InChI=1S/C18H22O2/c1-13(2)16-7-5-6-8-18(16)20-12-15-11-14(3)9-10-17(15)19-4/h5-11,13H,12H2,1-4H3. The fraction of sp³-hybridized carbons (Fsp3) is 0.333. The zero-order valence-corrected chi connectivity index (χ0v) is 12.6. The van der Waals surface area contributed by atoms with Crippen LogP contribution in [0, 0.1) is 6.92 Å². The number of para-hydroxylation sites is 1. The lowest BCUT2D eigenvalue weighted by atomic mass is 10.0. The maximum Gasteiger partial charge on any atom is 0.125 e. The molecule has 2 heteroatoms. The first-order valence-electron chi connectivity index (χ1n) is 6.97. The third-order valence-electron chi connectivity index (χ3n) is 3.36. The quantitative estimate of drug-likeness (QED) is 0.783. The van der Waals surface area contributed by atoms with Crippen LogP contribution in [-0.4, -0.2) is 7.11 Å². The van der Waals surface area contributed by atoms with Crippen LogP contribution in [-0.2, 0) is 6.61 Å². The molecule has 0 radical (unpaired) electrons. The highest BCUT2D eigenvalue weighted by molar-refractivity contribution is 5.39. The second kappa shape index (κ2) is 6.47. The summed E-state index contributed by atoms with van der Waals surface area (Å²) in [5, 5.41) is 0. The average Bonchev–Trinajstić information content (AvgIpc) is 2.45. The predicted molar refractivity (Wildman–Crippen MR) is 82.6 cm³/mol. The Morgan fingerprint density at radius 2 is 1.75 bits per heavy atom. The smallest absolute Gasteiger partial charge is 0.125 e. The Kier molecular flexibility index (Phi) is 4.67. The number of hydrogen-bond acceptors (Lipinski definition) is 2. The first-order valence-corrected chi connectivity index (χ1v) is 6.97. The van der Waals surface area contributed by atoms with Gasteiger partial charge < -0.3 is 9.47 Å². The summed E-state index contributed by atoms with van der Waals surface area (Å²) in [6.07, 6.45) is 0. The zero-order chi connectivity index (χ0) is 14.5. The molecule has 0 saturated heterocycles. The van der Waals surface area contributed by atoms with E-state index < -0.39 is 0 Å². The molecular weight excluding hydrogens is 248 g/mol. The Bertz CT molecular complexity index is 573. The van der Waals surface area contributed by atoms with Gasteiger partial charge in [0.2, 0.25) is 0 Å². The van der Waals surface area contributed by atoms with E-state index in [0.29, 0.717) is 12.5 Å². The number of ether oxygens (including phenoxy) is 2. The summed E-state index contributed by atoms with van der Waals surface area (Å²) >= 11 is 0. The van der Waals surface area contributed by atoms with Crippen LogP contribution in [0.1, 0.15) is 36.5 Å². The van der Waals surface area contributed by atoms with Gasteiger partial charge in [0.15, 0.2) is 0 Å². The molecule has 2 nitrogen and oxygen atoms in total. The molecule has 0 spiro atoms. The van der Waals surface area contributed by atoms with Gasteiger partial charge in [-0.1, -0.05) is 43.7 Å². The highest BCUT2D eigenvalue weighted by Gasteiger charge is 2.09. The van der Waals surface area contributed by atoms with Crippen molar-refractivity contribution in [3.05, 3.63) is 59.2 Å². The van der Waals surface area contributed by atoms with E-state index in [0.717, 1.165) is 17.1 Å². The number of methoxy groups -OCH3 is 1. The maximum absolute atomic E-state index is 6.00. The minimum Gasteiger partial charge on any atom is -0.496 e. The fourth-order valence-corrected chi connectivity index (χ4v) is 2.26. The van der Waals surface area contributed by atoms with Gasteiger partial charge in [-0.3, -0.25) is 0 Å². The minimum absolute atomic E-state index is 0.450. The molecule has 0 fully saturated rings. The molecule has 0 heterocycles. The summed E-state index contributed by atoms with van der Waals surface area (Å²) in [5.74, 6) is 2.27. The highest BCUT2D eigenvalue weighted by Crippen LogP contribution is 2.28. The second-order valence-corrected chi connectivity index (χ2v) is 5.30. The van der Waals surface area contributed by atoms with Crippen molar-refractivity contribution in [1.29, 1.82) is 0 Å². The van der Waals surface area contributed by atoms with Crippen LogP contribution in [0.5, 0.6) is 11.5 Å². The number of hydrogen-bond donors (Lipinski definition) is 0. The van der Waals surface area contributed by atoms with Gasteiger partial charge in [-0.25, -0.2) is 0 Å². The summed E-state index contributed by atoms with van der Waals surface area (Å²) < 4.78 is 11.4. The molecule has 0 aromatic heterocycles. The molecule has 0 N–H and O–H groups in total. The molecule has 0 amide bonds. The largest absolute Gasteiger partial charge is 0.496 e. The van der Waals surface area contributed by atoms with Crippen molar-refractivity contribution < 1.29 is 9.47 Å². The summed E-state index contributed by atoms with van der Waals surface area (Å²) in [6.45, 7) is 6.95. The summed E-state index contributed by atoms with van der Waals surface area (Å²) in [6, 6.07) is 14.3. The number of aryl methyl sites for hydroxylation is 1. The van der Waals surface area contributed by atoms with E-state index in [-0.39, 0.29) is 0 Å². The summed E-state index contributed by atoms with van der Waals surface area (Å²) in [5.41, 5.74) is 3.52. The van der Waals surface area contributed by atoms with Gasteiger partial charge in [0.1, 0.15) is 18.1 Å². The van der Waals surface area contributed by atoms with Gasteiger partial charge in [-0.2, -0.15) is 0 Å². The topological polar surface area (TPSA) is 18.5 Å². The van der Waals surface area contributed by atoms with Gasteiger partial charge in [0.05, 0.1) is 7.11 Å². The molecule has 0 aliphatic heterocycles. The molecule has 0 saturated carbocycles. The van der Waals surface area contributed by atoms with E-state index in [9.17, 15) is 0 Å². The van der Waals surface area contributed by atoms with Gasteiger partial charge in [-0.05, 0) is 36.6 Å². The monoisotopic (exact) mass is 270 g/mol. The van der Waals surface area contributed by atoms with Gasteiger partial charge in [0, 0.05) is 5.56 Å². The SMILES string of the molecule is COc1ccc(C)cc1COc1ccccc1C(C)C. The molecule has 2 rings (SSSR count). The molecule has 2 aromatic rings. The molecule has 20 heavy (non-hydrogen) atoms. The van der Waals surface area contributed by atoms with Crippen LogP contribution in [0.2, 0.25) is 0 Å². The molecule has 106 valence electrons. The Balaban J connectivity index is 2.19. The molecule has 0 aliphatic rings. The van der Waals surface area contributed by atoms with Crippen molar-refractivity contribution in [2.24, 2.45) is 0 Å². The number of benzene rings is 2. The lowest BCUT2D eigenvalue weighted by molar-refractivity contribution is 0.292. The van der Waals surface area contributed by atoms with Crippen LogP contribution in [0.3, 0.4) is 0 Å². The van der Waals surface area contributed by atoms with Crippen molar-refractivity contribution in [3.8, 4) is 11.5 Å². The maximum atomic E-state index is 6.00. The zero-order valence-electron chi connectivity index (χ0n) is 12.6. The second-order valence-electron chi connectivity index (χ2n) is 5.30. The van der Waals surface area contributed by atoms with Crippen molar-refractivity contribution >= 4 is 0 Å². The molecule has 2 aromatic carbocycles. The first-order chi connectivity index (χ1) is 9.61.